The predicted molar refractivity (Wildman–Crippen MR) is 91.7 cm³/mol. The highest BCUT2D eigenvalue weighted by Gasteiger charge is 2.27. The number of ether oxygens (including phenoxy) is 1. The lowest BCUT2D eigenvalue weighted by Gasteiger charge is -2.25. The van der Waals surface area contributed by atoms with Crippen molar-refractivity contribution in [3.8, 4) is 5.75 Å². The zero-order chi connectivity index (χ0) is 16.1. The number of rotatable bonds is 5. The number of anilines is 1. The Morgan fingerprint density at radius 2 is 1.96 bits per heavy atom. The summed E-state index contributed by atoms with van der Waals surface area (Å²) < 4.78 is 5.64. The Morgan fingerprint density at radius 3 is 2.83 bits per heavy atom. The van der Waals surface area contributed by atoms with E-state index in [0.29, 0.717) is 13.0 Å². The molecule has 1 aliphatic rings. The summed E-state index contributed by atoms with van der Waals surface area (Å²) in [4.78, 5) is 12.8. The van der Waals surface area contributed by atoms with Crippen LogP contribution in [-0.2, 0) is 11.3 Å². The lowest BCUT2D eigenvalue weighted by Crippen LogP contribution is -2.27. The number of fused-ring (bicyclic) bond motifs is 1. The minimum absolute atomic E-state index is 0.0321. The molecular formula is C19H22N2O2. The Bertz CT molecular complexity index is 685. The molecule has 0 unspecified atom stereocenters. The summed E-state index contributed by atoms with van der Waals surface area (Å²) in [5.41, 5.74) is 2.95. The van der Waals surface area contributed by atoms with Crippen molar-refractivity contribution in [1.29, 1.82) is 0 Å². The van der Waals surface area contributed by atoms with Crippen LogP contribution >= 0.6 is 0 Å². The van der Waals surface area contributed by atoms with Crippen LogP contribution in [0.1, 0.15) is 30.4 Å². The quantitative estimate of drug-likeness (QED) is 0.891. The van der Waals surface area contributed by atoms with Crippen molar-refractivity contribution in [2.45, 2.75) is 25.8 Å². The van der Waals surface area contributed by atoms with Crippen molar-refractivity contribution in [3.05, 3.63) is 59.7 Å². The molecule has 4 heteroatoms. The maximum absolute atomic E-state index is 12.8. The fourth-order valence-corrected chi connectivity index (χ4v) is 2.89. The van der Waals surface area contributed by atoms with Gasteiger partial charge in [-0.3, -0.25) is 4.79 Å². The summed E-state index contributed by atoms with van der Waals surface area (Å²) >= 11 is 0. The molecule has 0 radical (unpaired) electrons. The van der Waals surface area contributed by atoms with Crippen LogP contribution in [0.2, 0.25) is 0 Å². The van der Waals surface area contributed by atoms with Crippen molar-refractivity contribution in [2.75, 3.05) is 18.5 Å². The van der Waals surface area contributed by atoms with E-state index in [1.165, 1.54) is 0 Å². The third-order valence-corrected chi connectivity index (χ3v) is 4.12. The molecule has 0 fully saturated rings. The van der Waals surface area contributed by atoms with E-state index >= 15 is 0 Å². The summed E-state index contributed by atoms with van der Waals surface area (Å²) in [5.74, 6) is 0.691. The second-order valence-corrected chi connectivity index (χ2v) is 5.65. The Morgan fingerprint density at radius 1 is 1.17 bits per heavy atom. The van der Waals surface area contributed by atoms with Crippen molar-refractivity contribution < 1.29 is 9.53 Å². The maximum Gasteiger partial charge on any atom is 0.232 e. The Labute approximate surface area is 136 Å². The number of para-hydroxylation sites is 2. The number of nitrogens with one attached hydrogen (secondary N) is 2. The first-order valence-electron chi connectivity index (χ1n) is 8.10. The van der Waals surface area contributed by atoms with Gasteiger partial charge in [0.05, 0.1) is 12.5 Å². The van der Waals surface area contributed by atoms with Gasteiger partial charge < -0.3 is 15.4 Å². The molecule has 2 aromatic carbocycles. The van der Waals surface area contributed by atoms with Crippen LogP contribution in [0, 0.1) is 0 Å². The summed E-state index contributed by atoms with van der Waals surface area (Å²) in [6.07, 6.45) is 0.707. The monoisotopic (exact) mass is 310 g/mol. The SMILES string of the molecule is CCNCc1ccccc1NC(=O)[C@H]1CCOc2ccccc21. The third-order valence-electron chi connectivity index (χ3n) is 4.12. The lowest BCUT2D eigenvalue weighted by molar-refractivity contribution is -0.118. The third kappa shape index (κ3) is 3.54. The van der Waals surface area contributed by atoms with Gasteiger partial charge in [-0.05, 0) is 30.7 Å². The summed E-state index contributed by atoms with van der Waals surface area (Å²) in [6, 6.07) is 15.7. The summed E-state index contributed by atoms with van der Waals surface area (Å²) in [6.45, 7) is 4.29. The Hall–Kier alpha value is -2.33. The van der Waals surface area contributed by atoms with Crippen molar-refractivity contribution in [3.63, 3.8) is 0 Å². The smallest absolute Gasteiger partial charge is 0.232 e. The van der Waals surface area contributed by atoms with Gasteiger partial charge in [-0.1, -0.05) is 43.3 Å². The largest absolute Gasteiger partial charge is 0.493 e. The number of hydrogen-bond donors (Lipinski definition) is 2. The summed E-state index contributed by atoms with van der Waals surface area (Å²) in [5, 5.41) is 6.40. The molecule has 1 atom stereocenters. The predicted octanol–water partition coefficient (Wildman–Crippen LogP) is 3.30. The number of carbonyl (C=O) groups excluding carboxylic acids is 1. The zero-order valence-electron chi connectivity index (χ0n) is 13.3. The highest BCUT2D eigenvalue weighted by Crippen LogP contribution is 2.34. The van der Waals surface area contributed by atoms with E-state index in [1.807, 2.05) is 48.5 Å². The first kappa shape index (κ1) is 15.6. The zero-order valence-corrected chi connectivity index (χ0v) is 13.3. The second kappa shape index (κ2) is 7.29. The van der Waals surface area contributed by atoms with E-state index in [2.05, 4.69) is 17.6 Å². The van der Waals surface area contributed by atoms with Gasteiger partial charge in [0.15, 0.2) is 0 Å². The maximum atomic E-state index is 12.8. The number of amides is 1. The van der Waals surface area contributed by atoms with E-state index < -0.39 is 0 Å². The van der Waals surface area contributed by atoms with E-state index in [-0.39, 0.29) is 11.8 Å². The van der Waals surface area contributed by atoms with Gasteiger partial charge in [-0.15, -0.1) is 0 Å². The van der Waals surface area contributed by atoms with Crippen LogP contribution in [-0.4, -0.2) is 19.1 Å². The molecule has 0 saturated carbocycles. The highest BCUT2D eigenvalue weighted by molar-refractivity contribution is 5.97. The Kier molecular flexibility index (Phi) is 4.93. The van der Waals surface area contributed by atoms with Gasteiger partial charge in [0.25, 0.3) is 0 Å². The fraction of sp³-hybridized carbons (Fsp3) is 0.316. The average molecular weight is 310 g/mol. The molecule has 2 N–H and O–H groups in total. The van der Waals surface area contributed by atoms with Crippen LogP contribution in [0.5, 0.6) is 5.75 Å². The number of hydrogen-bond acceptors (Lipinski definition) is 3. The minimum atomic E-state index is -0.160. The molecule has 0 spiro atoms. The van der Waals surface area contributed by atoms with E-state index in [9.17, 15) is 4.79 Å². The van der Waals surface area contributed by atoms with Crippen molar-refractivity contribution in [1.82, 2.24) is 5.32 Å². The van der Waals surface area contributed by atoms with Crippen LogP contribution in [0.15, 0.2) is 48.5 Å². The normalized spacial score (nSPS) is 16.3. The molecule has 4 nitrogen and oxygen atoms in total. The fourth-order valence-electron chi connectivity index (χ4n) is 2.89. The van der Waals surface area contributed by atoms with Crippen LogP contribution in [0.4, 0.5) is 5.69 Å². The molecule has 1 amide bonds. The molecule has 0 bridgehead atoms. The van der Waals surface area contributed by atoms with E-state index in [0.717, 1.165) is 35.7 Å². The number of benzene rings is 2. The van der Waals surface area contributed by atoms with Gasteiger partial charge in [-0.2, -0.15) is 0 Å². The topological polar surface area (TPSA) is 50.4 Å². The molecule has 120 valence electrons. The second-order valence-electron chi connectivity index (χ2n) is 5.65. The molecular weight excluding hydrogens is 288 g/mol. The molecule has 2 aromatic rings. The van der Waals surface area contributed by atoms with Gasteiger partial charge in [-0.25, -0.2) is 0 Å². The molecule has 3 rings (SSSR count). The Balaban J connectivity index is 1.78. The average Bonchev–Trinajstić information content (AvgIpc) is 2.60. The van der Waals surface area contributed by atoms with Crippen molar-refractivity contribution in [2.24, 2.45) is 0 Å². The minimum Gasteiger partial charge on any atom is -0.493 e. The van der Waals surface area contributed by atoms with Gasteiger partial charge >= 0.3 is 0 Å². The molecule has 23 heavy (non-hydrogen) atoms. The molecule has 1 heterocycles. The van der Waals surface area contributed by atoms with Gasteiger partial charge in [0.2, 0.25) is 5.91 Å². The van der Waals surface area contributed by atoms with Crippen molar-refractivity contribution >= 4 is 11.6 Å². The molecule has 1 aliphatic heterocycles. The van der Waals surface area contributed by atoms with Crippen LogP contribution in [0.3, 0.4) is 0 Å². The summed E-state index contributed by atoms with van der Waals surface area (Å²) in [7, 11) is 0. The first-order chi connectivity index (χ1) is 11.3. The van der Waals surface area contributed by atoms with Crippen LogP contribution < -0.4 is 15.4 Å². The first-order valence-corrected chi connectivity index (χ1v) is 8.10. The van der Waals surface area contributed by atoms with Crippen LogP contribution in [0.25, 0.3) is 0 Å². The molecule has 0 saturated heterocycles. The van der Waals surface area contributed by atoms with Gasteiger partial charge in [0, 0.05) is 17.8 Å². The standard InChI is InChI=1S/C19H22N2O2/c1-2-20-13-14-7-3-5-9-17(14)21-19(22)16-11-12-23-18-10-6-4-8-15(16)18/h3-10,16,20H,2,11-13H2,1H3,(H,21,22)/t16-/m0/s1. The molecule has 0 aromatic heterocycles. The number of carbonyl (C=O) groups is 1. The van der Waals surface area contributed by atoms with E-state index in [1.54, 1.807) is 0 Å². The van der Waals surface area contributed by atoms with Gasteiger partial charge in [0.1, 0.15) is 5.75 Å². The molecule has 0 aliphatic carbocycles. The lowest BCUT2D eigenvalue weighted by atomic mass is 9.92. The highest BCUT2D eigenvalue weighted by atomic mass is 16.5. The van der Waals surface area contributed by atoms with E-state index in [4.69, 9.17) is 4.74 Å².